The van der Waals surface area contributed by atoms with Crippen LogP contribution in [0.5, 0.6) is 5.75 Å². The fourth-order valence-corrected chi connectivity index (χ4v) is 3.91. The Morgan fingerprint density at radius 1 is 1.31 bits per heavy atom. The van der Waals surface area contributed by atoms with Crippen LogP contribution in [0.4, 0.5) is 15.0 Å². The number of carbonyl (C=O) groups is 2. The zero-order valence-electron chi connectivity index (χ0n) is 17.2. The molecule has 2 aromatic rings. The summed E-state index contributed by atoms with van der Waals surface area (Å²) in [6.45, 7) is 1.09. The predicted octanol–water partition coefficient (Wildman–Crippen LogP) is 1.55. The van der Waals surface area contributed by atoms with Gasteiger partial charge in [0.05, 0.1) is 25.4 Å². The first-order chi connectivity index (χ1) is 15.3. The van der Waals surface area contributed by atoms with Gasteiger partial charge in [-0.25, -0.2) is 14.0 Å². The second-order valence-corrected chi connectivity index (χ2v) is 7.99. The lowest BCUT2D eigenvalue weighted by Gasteiger charge is -2.28. The van der Waals surface area contributed by atoms with Crippen LogP contribution < -0.4 is 15.7 Å². The minimum Gasteiger partial charge on any atom is -0.444 e. The number of carbonyl (C=O) groups excluding carboxylic acids is 2. The van der Waals surface area contributed by atoms with Crippen LogP contribution in [-0.4, -0.2) is 57.0 Å². The van der Waals surface area contributed by atoms with E-state index < -0.39 is 29.4 Å². The van der Waals surface area contributed by atoms with Crippen molar-refractivity contribution in [3.8, 4) is 5.75 Å². The van der Waals surface area contributed by atoms with Crippen molar-refractivity contribution in [1.29, 1.82) is 0 Å². The van der Waals surface area contributed by atoms with Crippen molar-refractivity contribution in [1.82, 2.24) is 9.55 Å². The molecule has 32 heavy (non-hydrogen) atoms. The number of aromatic nitrogens is 2. The molecule has 172 valence electrons. The molecule has 3 rings (SSSR count). The molecule has 1 aliphatic heterocycles. The van der Waals surface area contributed by atoms with E-state index in [2.05, 4.69) is 10.3 Å². The highest BCUT2D eigenvalue weighted by atomic mass is 32.2. The Morgan fingerprint density at radius 3 is 2.72 bits per heavy atom. The second kappa shape index (κ2) is 11.1. The highest BCUT2D eigenvalue weighted by Gasteiger charge is 2.23. The fourth-order valence-electron chi connectivity index (χ4n) is 2.88. The van der Waals surface area contributed by atoms with Gasteiger partial charge in [-0.3, -0.25) is 14.7 Å². The van der Waals surface area contributed by atoms with Crippen molar-refractivity contribution in [3.05, 3.63) is 52.3 Å². The fraction of sp³-hybridized carbons (Fsp3) is 0.400. The number of benzene rings is 1. The van der Waals surface area contributed by atoms with Crippen molar-refractivity contribution < 1.29 is 33.3 Å². The summed E-state index contributed by atoms with van der Waals surface area (Å²) < 4.78 is 31.0. The number of ether oxygens (including phenoxy) is 3. The first-order valence-corrected chi connectivity index (χ1v) is 10.8. The second-order valence-electron chi connectivity index (χ2n) is 6.91. The largest absolute Gasteiger partial charge is 0.444 e. The summed E-state index contributed by atoms with van der Waals surface area (Å²) in [6.07, 6.45) is -0.757. The molecular weight excluding hydrogens is 445 g/mol. The Labute approximate surface area is 186 Å². The molecule has 0 aliphatic carbocycles. The normalized spacial score (nSPS) is 18.1. The van der Waals surface area contributed by atoms with Crippen molar-refractivity contribution in [2.75, 3.05) is 23.4 Å². The van der Waals surface area contributed by atoms with E-state index in [1.807, 2.05) is 0 Å². The number of rotatable bonds is 7. The van der Waals surface area contributed by atoms with E-state index in [9.17, 15) is 23.9 Å². The van der Waals surface area contributed by atoms with Gasteiger partial charge in [-0.2, -0.15) is 16.7 Å². The molecule has 0 radical (unpaired) electrons. The molecule has 1 saturated heterocycles. The summed E-state index contributed by atoms with van der Waals surface area (Å²) in [7, 11) is 0. The Hall–Kier alpha value is -2.96. The lowest BCUT2D eigenvalue weighted by molar-refractivity contribution is -0.131. The minimum absolute atomic E-state index is 0.0698. The third-order valence-corrected chi connectivity index (χ3v) is 5.54. The van der Waals surface area contributed by atoms with Crippen molar-refractivity contribution in [2.24, 2.45) is 0 Å². The van der Waals surface area contributed by atoms with Crippen molar-refractivity contribution >= 4 is 29.6 Å². The molecule has 1 aromatic carbocycles. The van der Waals surface area contributed by atoms with Crippen LogP contribution in [0.1, 0.15) is 12.5 Å². The molecule has 1 amide bonds. The van der Waals surface area contributed by atoms with Crippen molar-refractivity contribution in [2.45, 2.75) is 32.3 Å². The maximum absolute atomic E-state index is 14.4. The smallest absolute Gasteiger partial charge is 0.413 e. The van der Waals surface area contributed by atoms with E-state index in [1.54, 1.807) is 23.9 Å². The van der Waals surface area contributed by atoms with Gasteiger partial charge in [0.15, 0.2) is 11.6 Å². The molecule has 0 spiro atoms. The van der Waals surface area contributed by atoms with Gasteiger partial charge in [0.25, 0.3) is 0 Å². The topological polar surface area (TPSA) is 129 Å². The Balaban J connectivity index is 1.55. The maximum Gasteiger partial charge on any atom is 0.413 e. The number of hydrogen-bond donors (Lipinski definition) is 2. The standard InChI is InChI=1S/C20H22FN3O7S/c1-12(26)30-14-4-2-13(3-5-14)9-29-20(28)23-18-17(21)7-24(19(27)22-18)6-15-10-32-11-16(8-25)31-15/h2-5,7,15-16,25H,6,8-11H2,1H3,(H,22,23,27,28)/t15-,16+/m1/s1. The monoisotopic (exact) mass is 467 g/mol. The van der Waals surface area contributed by atoms with E-state index in [0.717, 1.165) is 10.8 Å². The van der Waals surface area contributed by atoms with E-state index in [4.69, 9.17) is 14.2 Å². The van der Waals surface area contributed by atoms with Crippen LogP contribution in [0.2, 0.25) is 0 Å². The number of aliphatic hydroxyl groups excluding tert-OH is 1. The summed E-state index contributed by atoms with van der Waals surface area (Å²) in [5.74, 6) is -0.316. The van der Waals surface area contributed by atoms with Crippen LogP contribution in [0.25, 0.3) is 0 Å². The highest BCUT2D eigenvalue weighted by molar-refractivity contribution is 7.99. The van der Waals surface area contributed by atoms with Crippen LogP contribution in [0.15, 0.2) is 35.3 Å². The number of nitrogens with zero attached hydrogens (tertiary/aromatic N) is 2. The molecule has 10 nitrogen and oxygen atoms in total. The van der Waals surface area contributed by atoms with Crippen LogP contribution in [-0.2, 0) is 27.4 Å². The number of hydrogen-bond acceptors (Lipinski definition) is 9. The van der Waals surface area contributed by atoms with Crippen molar-refractivity contribution in [3.63, 3.8) is 0 Å². The Kier molecular flexibility index (Phi) is 8.20. The first kappa shape index (κ1) is 23.7. The molecule has 2 N–H and O–H groups in total. The van der Waals surface area contributed by atoms with Gasteiger partial charge >= 0.3 is 17.8 Å². The van der Waals surface area contributed by atoms with E-state index in [1.165, 1.54) is 19.1 Å². The Bertz CT molecular complexity index is 1020. The van der Waals surface area contributed by atoms with Crippen LogP contribution in [0, 0.1) is 5.82 Å². The molecule has 1 aliphatic rings. The number of nitrogens with one attached hydrogen (secondary N) is 1. The summed E-state index contributed by atoms with van der Waals surface area (Å²) in [4.78, 5) is 38.7. The number of thioether (sulfide) groups is 1. The predicted molar refractivity (Wildman–Crippen MR) is 113 cm³/mol. The lowest BCUT2D eigenvalue weighted by atomic mass is 10.2. The summed E-state index contributed by atoms with van der Waals surface area (Å²) >= 11 is 1.57. The highest BCUT2D eigenvalue weighted by Crippen LogP contribution is 2.19. The lowest BCUT2D eigenvalue weighted by Crippen LogP contribution is -2.39. The first-order valence-electron chi connectivity index (χ1n) is 9.66. The van der Waals surface area contributed by atoms with Gasteiger partial charge in [0.2, 0.25) is 0 Å². The molecule has 0 bridgehead atoms. The van der Waals surface area contributed by atoms with E-state index in [0.29, 0.717) is 22.8 Å². The Morgan fingerprint density at radius 2 is 2.03 bits per heavy atom. The molecule has 2 heterocycles. The minimum atomic E-state index is -0.990. The molecule has 1 aromatic heterocycles. The molecule has 0 unspecified atom stereocenters. The van der Waals surface area contributed by atoms with E-state index in [-0.39, 0.29) is 32.0 Å². The van der Waals surface area contributed by atoms with Gasteiger partial charge in [-0.15, -0.1) is 0 Å². The quantitative estimate of drug-likeness (QED) is 0.460. The zero-order chi connectivity index (χ0) is 23.1. The van der Waals surface area contributed by atoms with Gasteiger partial charge in [-0.1, -0.05) is 12.1 Å². The zero-order valence-corrected chi connectivity index (χ0v) is 18.0. The van der Waals surface area contributed by atoms with Gasteiger partial charge in [0.1, 0.15) is 12.4 Å². The molecule has 12 heteroatoms. The summed E-state index contributed by atoms with van der Waals surface area (Å²) in [6, 6.07) is 6.27. The number of anilines is 1. The molecule has 0 saturated carbocycles. The number of esters is 1. The average molecular weight is 467 g/mol. The number of amides is 1. The average Bonchev–Trinajstić information content (AvgIpc) is 2.76. The third kappa shape index (κ3) is 6.77. The van der Waals surface area contributed by atoms with Crippen LogP contribution >= 0.6 is 11.8 Å². The maximum atomic E-state index is 14.4. The number of aliphatic hydroxyl groups is 1. The molecule has 1 fully saturated rings. The van der Waals surface area contributed by atoms with E-state index >= 15 is 0 Å². The van der Waals surface area contributed by atoms with Gasteiger partial charge in [-0.05, 0) is 17.7 Å². The molecular formula is C20H22FN3O7S. The SMILES string of the molecule is CC(=O)Oc1ccc(COC(=O)Nc2nc(=O)n(C[C@@H]3CSC[C@H](CO)O3)cc2F)cc1. The van der Waals surface area contributed by atoms with Crippen LogP contribution in [0.3, 0.4) is 0 Å². The summed E-state index contributed by atoms with van der Waals surface area (Å²) in [5.41, 5.74) is -0.158. The van der Waals surface area contributed by atoms with Gasteiger partial charge < -0.3 is 19.3 Å². The molecule has 2 atom stereocenters. The van der Waals surface area contributed by atoms with Gasteiger partial charge in [0, 0.05) is 24.6 Å². The third-order valence-electron chi connectivity index (χ3n) is 4.32. The summed E-state index contributed by atoms with van der Waals surface area (Å²) in [5, 5.41) is 11.3. The number of halogens is 1.